The fourth-order valence-electron chi connectivity index (χ4n) is 3.12. The number of aryl methyl sites for hydroxylation is 1. The predicted octanol–water partition coefficient (Wildman–Crippen LogP) is 2.68. The lowest BCUT2D eigenvalue weighted by molar-refractivity contribution is -0.138. The van der Waals surface area contributed by atoms with Crippen LogP contribution in [0.5, 0.6) is 0 Å². The molecule has 20 heavy (non-hydrogen) atoms. The third-order valence-electron chi connectivity index (χ3n) is 4.41. The van der Waals surface area contributed by atoms with Gasteiger partial charge in [-0.15, -0.1) is 12.4 Å². The highest BCUT2D eigenvalue weighted by Crippen LogP contribution is 2.42. The molecule has 0 saturated heterocycles. The molecule has 3 rings (SSSR count). The number of nitrogens with zero attached hydrogens (tertiary/aromatic N) is 1. The van der Waals surface area contributed by atoms with Gasteiger partial charge in [0.25, 0.3) is 0 Å². The second kappa shape index (κ2) is 6.15. The molecule has 2 atom stereocenters. The lowest BCUT2D eigenvalue weighted by Crippen LogP contribution is -2.41. The molecule has 3 nitrogen and oxygen atoms in total. The maximum atomic E-state index is 12.6. The highest BCUT2D eigenvalue weighted by Gasteiger charge is 2.41. The molecule has 2 aliphatic rings. The van der Waals surface area contributed by atoms with Gasteiger partial charge in [-0.25, -0.2) is 0 Å². The van der Waals surface area contributed by atoms with E-state index in [9.17, 15) is 4.79 Å². The first-order valence-corrected chi connectivity index (χ1v) is 7.32. The van der Waals surface area contributed by atoms with E-state index in [4.69, 9.17) is 5.73 Å². The highest BCUT2D eigenvalue weighted by molar-refractivity contribution is 5.85. The van der Waals surface area contributed by atoms with Crippen molar-refractivity contribution in [3.8, 4) is 0 Å². The number of benzene rings is 1. The zero-order chi connectivity index (χ0) is 13.4. The summed E-state index contributed by atoms with van der Waals surface area (Å²) in [5, 5.41) is 0. The van der Waals surface area contributed by atoms with E-state index in [1.54, 1.807) is 0 Å². The Morgan fingerprint density at radius 2 is 2.05 bits per heavy atom. The number of carbonyl (C=O) groups is 1. The first kappa shape index (κ1) is 15.3. The topological polar surface area (TPSA) is 46.3 Å². The second-order valence-corrected chi connectivity index (χ2v) is 5.87. The summed E-state index contributed by atoms with van der Waals surface area (Å²) in [5.41, 5.74) is 8.44. The molecule has 0 aliphatic heterocycles. The Kier molecular flexibility index (Phi) is 4.71. The SMILES string of the molecule is CC(CN)C(=O)N(C1CC1)C1CCc2ccccc21.Cl. The molecule has 2 aliphatic carbocycles. The molecule has 1 amide bonds. The van der Waals surface area contributed by atoms with Gasteiger partial charge < -0.3 is 10.6 Å². The van der Waals surface area contributed by atoms with Crippen LogP contribution in [0.2, 0.25) is 0 Å². The number of hydrogen-bond donors (Lipinski definition) is 1. The van der Waals surface area contributed by atoms with Crippen LogP contribution < -0.4 is 5.73 Å². The first-order valence-electron chi connectivity index (χ1n) is 7.32. The van der Waals surface area contributed by atoms with Crippen molar-refractivity contribution in [1.82, 2.24) is 4.90 Å². The molecule has 0 radical (unpaired) electrons. The number of amides is 1. The zero-order valence-electron chi connectivity index (χ0n) is 11.9. The van der Waals surface area contributed by atoms with Crippen molar-refractivity contribution in [3.63, 3.8) is 0 Å². The standard InChI is InChI=1S/C16H22N2O.ClH/c1-11(10-17)16(19)18(13-7-8-13)15-9-6-12-4-2-3-5-14(12)15;/h2-5,11,13,15H,6-10,17H2,1H3;1H. The summed E-state index contributed by atoms with van der Waals surface area (Å²) in [5.74, 6) is 0.181. The van der Waals surface area contributed by atoms with Gasteiger partial charge in [-0.2, -0.15) is 0 Å². The Morgan fingerprint density at radius 3 is 2.70 bits per heavy atom. The van der Waals surface area contributed by atoms with E-state index in [1.165, 1.54) is 11.1 Å². The third kappa shape index (κ3) is 2.70. The summed E-state index contributed by atoms with van der Waals surface area (Å²) in [4.78, 5) is 14.7. The summed E-state index contributed by atoms with van der Waals surface area (Å²) in [6, 6.07) is 9.29. The van der Waals surface area contributed by atoms with Crippen LogP contribution in [0.4, 0.5) is 0 Å². The van der Waals surface area contributed by atoms with E-state index in [0.717, 1.165) is 25.7 Å². The van der Waals surface area contributed by atoms with Crippen molar-refractivity contribution in [2.24, 2.45) is 11.7 Å². The van der Waals surface area contributed by atoms with Crippen LogP contribution >= 0.6 is 12.4 Å². The van der Waals surface area contributed by atoms with Gasteiger partial charge in [-0.1, -0.05) is 31.2 Å². The van der Waals surface area contributed by atoms with Crippen LogP contribution in [0.15, 0.2) is 24.3 Å². The number of hydrogen-bond acceptors (Lipinski definition) is 2. The van der Waals surface area contributed by atoms with Gasteiger partial charge in [-0.05, 0) is 36.8 Å². The lowest BCUT2D eigenvalue weighted by atomic mass is 10.0. The summed E-state index contributed by atoms with van der Waals surface area (Å²) in [7, 11) is 0. The fraction of sp³-hybridized carbons (Fsp3) is 0.562. The van der Waals surface area contributed by atoms with Crippen molar-refractivity contribution in [2.45, 2.75) is 44.7 Å². The van der Waals surface area contributed by atoms with Gasteiger partial charge in [0, 0.05) is 18.5 Å². The van der Waals surface area contributed by atoms with Crippen molar-refractivity contribution in [1.29, 1.82) is 0 Å². The normalized spacial score (nSPS) is 21.8. The first-order chi connectivity index (χ1) is 9.22. The van der Waals surface area contributed by atoms with Crippen molar-refractivity contribution in [3.05, 3.63) is 35.4 Å². The Morgan fingerprint density at radius 1 is 1.35 bits per heavy atom. The monoisotopic (exact) mass is 294 g/mol. The molecular weight excluding hydrogens is 272 g/mol. The van der Waals surface area contributed by atoms with Gasteiger partial charge in [0.05, 0.1) is 6.04 Å². The summed E-state index contributed by atoms with van der Waals surface area (Å²) in [6.07, 6.45) is 4.47. The molecule has 2 N–H and O–H groups in total. The van der Waals surface area contributed by atoms with Crippen LogP contribution in [0.1, 0.15) is 43.4 Å². The number of fused-ring (bicyclic) bond motifs is 1. The molecule has 1 fully saturated rings. The largest absolute Gasteiger partial charge is 0.332 e. The van der Waals surface area contributed by atoms with Gasteiger partial charge >= 0.3 is 0 Å². The Labute approximate surface area is 126 Å². The van der Waals surface area contributed by atoms with Crippen LogP contribution in [-0.4, -0.2) is 23.4 Å². The number of carbonyl (C=O) groups excluding carboxylic acids is 1. The molecular formula is C16H23ClN2O. The minimum Gasteiger partial charge on any atom is -0.332 e. The molecule has 0 aromatic heterocycles. The van der Waals surface area contributed by atoms with Crippen LogP contribution in [0, 0.1) is 5.92 Å². The molecule has 0 spiro atoms. The molecule has 0 heterocycles. The van der Waals surface area contributed by atoms with E-state index in [1.807, 2.05) is 6.92 Å². The van der Waals surface area contributed by atoms with Gasteiger partial charge in [0.2, 0.25) is 5.91 Å². The van der Waals surface area contributed by atoms with E-state index in [-0.39, 0.29) is 30.3 Å². The van der Waals surface area contributed by atoms with E-state index in [2.05, 4.69) is 29.2 Å². The molecule has 1 aromatic carbocycles. The molecule has 2 unspecified atom stereocenters. The average molecular weight is 295 g/mol. The van der Waals surface area contributed by atoms with Crippen molar-refractivity contribution < 1.29 is 4.79 Å². The Balaban J connectivity index is 0.00000147. The quantitative estimate of drug-likeness (QED) is 0.928. The smallest absolute Gasteiger partial charge is 0.227 e. The molecule has 1 saturated carbocycles. The highest BCUT2D eigenvalue weighted by atomic mass is 35.5. The predicted molar refractivity (Wildman–Crippen MR) is 82.8 cm³/mol. The second-order valence-electron chi connectivity index (χ2n) is 5.87. The summed E-state index contributed by atoms with van der Waals surface area (Å²) >= 11 is 0. The number of rotatable bonds is 4. The van der Waals surface area contributed by atoms with Gasteiger partial charge in [0.1, 0.15) is 0 Å². The minimum atomic E-state index is -0.0617. The number of nitrogens with two attached hydrogens (primary N) is 1. The van der Waals surface area contributed by atoms with Crippen molar-refractivity contribution in [2.75, 3.05) is 6.54 Å². The van der Waals surface area contributed by atoms with Gasteiger partial charge in [0.15, 0.2) is 0 Å². The van der Waals surface area contributed by atoms with Crippen LogP contribution in [0.25, 0.3) is 0 Å². The van der Waals surface area contributed by atoms with E-state index >= 15 is 0 Å². The average Bonchev–Trinajstić information content (AvgIpc) is 3.19. The third-order valence-corrected chi connectivity index (χ3v) is 4.41. The summed E-state index contributed by atoms with van der Waals surface area (Å²) in [6.45, 7) is 2.38. The number of halogens is 1. The molecule has 110 valence electrons. The maximum absolute atomic E-state index is 12.6. The van der Waals surface area contributed by atoms with Crippen LogP contribution in [-0.2, 0) is 11.2 Å². The Hall–Kier alpha value is -1.06. The maximum Gasteiger partial charge on any atom is 0.227 e. The molecule has 0 bridgehead atoms. The summed E-state index contributed by atoms with van der Waals surface area (Å²) < 4.78 is 0. The zero-order valence-corrected chi connectivity index (χ0v) is 12.7. The Bertz CT molecular complexity index is 487. The van der Waals surface area contributed by atoms with Crippen molar-refractivity contribution >= 4 is 18.3 Å². The van der Waals surface area contributed by atoms with E-state index in [0.29, 0.717) is 12.6 Å². The lowest BCUT2D eigenvalue weighted by Gasteiger charge is -2.32. The molecule has 1 aromatic rings. The molecule has 4 heteroatoms. The van der Waals surface area contributed by atoms with Gasteiger partial charge in [-0.3, -0.25) is 4.79 Å². The van der Waals surface area contributed by atoms with Crippen LogP contribution in [0.3, 0.4) is 0 Å². The fourth-order valence-corrected chi connectivity index (χ4v) is 3.12. The minimum absolute atomic E-state index is 0. The van der Waals surface area contributed by atoms with E-state index < -0.39 is 0 Å².